The first-order valence-corrected chi connectivity index (χ1v) is 10.2. The molecule has 1 atom stereocenters. The molecule has 25 heavy (non-hydrogen) atoms. The molecule has 2 rings (SSSR count). The molecule has 1 unspecified atom stereocenters. The summed E-state index contributed by atoms with van der Waals surface area (Å²) in [6, 6.07) is 7.24. The quantitative estimate of drug-likeness (QED) is 0.859. The summed E-state index contributed by atoms with van der Waals surface area (Å²) in [5, 5.41) is 2.69. The summed E-state index contributed by atoms with van der Waals surface area (Å²) >= 11 is 0. The second-order valence-electron chi connectivity index (χ2n) is 7.43. The monoisotopic (exact) mass is 368 g/mol. The Labute approximate surface area is 150 Å². The molecule has 0 bridgehead atoms. The van der Waals surface area contributed by atoms with E-state index in [-0.39, 0.29) is 29.7 Å². The molecular formula is C18H28N2O4S. The SMILES string of the molecule is CC1COCCN1S(=O)(=O)CCNC(=O)c1ccc(C(C)(C)C)cc1. The molecule has 1 aromatic rings. The van der Waals surface area contributed by atoms with Gasteiger partial charge in [0.15, 0.2) is 0 Å². The molecule has 6 nitrogen and oxygen atoms in total. The maximum Gasteiger partial charge on any atom is 0.251 e. The summed E-state index contributed by atoms with van der Waals surface area (Å²) in [4.78, 5) is 12.2. The van der Waals surface area contributed by atoms with Crippen LogP contribution in [0.1, 0.15) is 43.6 Å². The van der Waals surface area contributed by atoms with Crippen molar-refractivity contribution in [1.82, 2.24) is 9.62 Å². The summed E-state index contributed by atoms with van der Waals surface area (Å²) in [5.74, 6) is -0.367. The normalized spacial score (nSPS) is 19.6. The fourth-order valence-corrected chi connectivity index (χ4v) is 4.32. The number of benzene rings is 1. The number of ether oxygens (including phenoxy) is 1. The molecule has 0 aromatic heterocycles. The molecule has 7 heteroatoms. The lowest BCUT2D eigenvalue weighted by atomic mass is 9.87. The number of rotatable bonds is 5. The van der Waals surface area contributed by atoms with Gasteiger partial charge < -0.3 is 10.1 Å². The van der Waals surface area contributed by atoms with Crippen LogP contribution < -0.4 is 5.32 Å². The molecule has 1 fully saturated rings. The summed E-state index contributed by atoms with van der Waals surface area (Å²) in [5.41, 5.74) is 1.70. The van der Waals surface area contributed by atoms with Crippen LogP contribution in [0.2, 0.25) is 0 Å². The third kappa shape index (κ3) is 5.26. The van der Waals surface area contributed by atoms with Crippen LogP contribution in [0.25, 0.3) is 0 Å². The predicted molar refractivity (Wildman–Crippen MR) is 98.2 cm³/mol. The average Bonchev–Trinajstić information content (AvgIpc) is 2.54. The minimum absolute atomic E-state index is 0.0257. The first-order chi connectivity index (χ1) is 11.6. The number of sulfonamides is 1. The molecule has 1 aromatic carbocycles. The topological polar surface area (TPSA) is 75.7 Å². The van der Waals surface area contributed by atoms with E-state index in [9.17, 15) is 13.2 Å². The van der Waals surface area contributed by atoms with Gasteiger partial charge in [-0.2, -0.15) is 4.31 Å². The molecule has 1 aliphatic rings. The average molecular weight is 368 g/mol. The number of hydrogen-bond acceptors (Lipinski definition) is 4. The summed E-state index contributed by atoms with van der Waals surface area (Å²) in [6.07, 6.45) is 0. The highest BCUT2D eigenvalue weighted by Gasteiger charge is 2.29. The van der Waals surface area contributed by atoms with Gasteiger partial charge in [-0.25, -0.2) is 8.42 Å². The van der Waals surface area contributed by atoms with Gasteiger partial charge in [-0.05, 0) is 30.0 Å². The van der Waals surface area contributed by atoms with Crippen LogP contribution in [0.5, 0.6) is 0 Å². The maximum atomic E-state index is 12.4. The van der Waals surface area contributed by atoms with Crippen molar-refractivity contribution in [2.75, 3.05) is 32.1 Å². The van der Waals surface area contributed by atoms with Crippen molar-refractivity contribution in [3.8, 4) is 0 Å². The van der Waals surface area contributed by atoms with E-state index in [0.717, 1.165) is 5.56 Å². The Bertz CT molecular complexity index is 693. The minimum atomic E-state index is -3.40. The Morgan fingerprint density at radius 3 is 2.48 bits per heavy atom. The molecule has 1 saturated heterocycles. The van der Waals surface area contributed by atoms with E-state index in [0.29, 0.717) is 25.3 Å². The first-order valence-electron chi connectivity index (χ1n) is 8.57. The lowest BCUT2D eigenvalue weighted by Crippen LogP contribution is -2.49. The summed E-state index contributed by atoms with van der Waals surface area (Å²) in [6.45, 7) is 9.44. The molecular weight excluding hydrogens is 340 g/mol. The number of hydrogen-bond donors (Lipinski definition) is 1. The molecule has 0 radical (unpaired) electrons. The van der Waals surface area contributed by atoms with E-state index >= 15 is 0 Å². The van der Waals surface area contributed by atoms with Gasteiger partial charge in [-0.3, -0.25) is 4.79 Å². The van der Waals surface area contributed by atoms with E-state index in [1.807, 2.05) is 19.1 Å². The van der Waals surface area contributed by atoms with E-state index in [2.05, 4.69) is 26.1 Å². The summed E-state index contributed by atoms with van der Waals surface area (Å²) < 4.78 is 31.5. The molecule has 0 saturated carbocycles. The van der Waals surface area contributed by atoms with Crippen molar-refractivity contribution < 1.29 is 17.9 Å². The van der Waals surface area contributed by atoms with Gasteiger partial charge >= 0.3 is 0 Å². The van der Waals surface area contributed by atoms with Crippen LogP contribution in [0.15, 0.2) is 24.3 Å². The zero-order chi connectivity index (χ0) is 18.7. The van der Waals surface area contributed by atoms with Crippen molar-refractivity contribution in [1.29, 1.82) is 0 Å². The second-order valence-corrected chi connectivity index (χ2v) is 9.48. The minimum Gasteiger partial charge on any atom is -0.378 e. The standard InChI is InChI=1S/C18H28N2O4S/c1-14-13-24-11-10-20(14)25(22,23)12-9-19-17(21)15-5-7-16(8-6-15)18(2,3)4/h5-8,14H,9-13H2,1-4H3,(H,19,21). The third-order valence-corrected chi connectivity index (χ3v) is 6.30. The highest BCUT2D eigenvalue weighted by atomic mass is 32.2. The molecule has 1 heterocycles. The van der Waals surface area contributed by atoms with Crippen molar-refractivity contribution >= 4 is 15.9 Å². The number of nitrogens with one attached hydrogen (secondary N) is 1. The van der Waals surface area contributed by atoms with Gasteiger partial charge in [0.2, 0.25) is 10.0 Å². The maximum absolute atomic E-state index is 12.4. The predicted octanol–water partition coefficient (Wildman–Crippen LogP) is 1.76. The number of carbonyl (C=O) groups excluding carboxylic acids is 1. The third-order valence-electron chi connectivity index (χ3n) is 4.32. The van der Waals surface area contributed by atoms with Gasteiger partial charge in [0.1, 0.15) is 0 Å². The fraction of sp³-hybridized carbons (Fsp3) is 0.611. The number of amides is 1. The van der Waals surface area contributed by atoms with Crippen LogP contribution in [-0.2, 0) is 20.2 Å². The lowest BCUT2D eigenvalue weighted by Gasteiger charge is -2.32. The lowest BCUT2D eigenvalue weighted by molar-refractivity contribution is 0.0393. The Balaban J connectivity index is 1.89. The van der Waals surface area contributed by atoms with E-state index in [4.69, 9.17) is 4.74 Å². The van der Waals surface area contributed by atoms with Crippen LogP contribution in [0.4, 0.5) is 0 Å². The van der Waals surface area contributed by atoms with Crippen LogP contribution in [0.3, 0.4) is 0 Å². The molecule has 1 N–H and O–H groups in total. The largest absolute Gasteiger partial charge is 0.378 e. The molecule has 0 spiro atoms. The van der Waals surface area contributed by atoms with Crippen molar-refractivity contribution in [3.05, 3.63) is 35.4 Å². The van der Waals surface area contributed by atoms with E-state index in [1.165, 1.54) is 4.31 Å². The second kappa shape index (κ2) is 7.85. The van der Waals surface area contributed by atoms with Gasteiger partial charge in [-0.15, -0.1) is 0 Å². The van der Waals surface area contributed by atoms with Gasteiger partial charge in [0.05, 0.1) is 19.0 Å². The smallest absolute Gasteiger partial charge is 0.251 e. The Kier molecular flexibility index (Phi) is 6.24. The van der Waals surface area contributed by atoms with Gasteiger partial charge in [0, 0.05) is 24.7 Å². The van der Waals surface area contributed by atoms with Gasteiger partial charge in [0.25, 0.3) is 5.91 Å². The van der Waals surface area contributed by atoms with E-state index < -0.39 is 10.0 Å². The first kappa shape index (κ1) is 19.9. The molecule has 0 aliphatic carbocycles. The fourth-order valence-electron chi connectivity index (χ4n) is 2.76. The van der Waals surface area contributed by atoms with Crippen molar-refractivity contribution in [3.63, 3.8) is 0 Å². The molecule has 1 aliphatic heterocycles. The van der Waals surface area contributed by atoms with Crippen molar-refractivity contribution in [2.45, 2.75) is 39.2 Å². The Hall–Kier alpha value is -1.44. The zero-order valence-electron chi connectivity index (χ0n) is 15.4. The molecule has 1 amide bonds. The number of nitrogens with zero attached hydrogens (tertiary/aromatic N) is 1. The van der Waals surface area contributed by atoms with E-state index in [1.54, 1.807) is 12.1 Å². The molecule has 140 valence electrons. The Morgan fingerprint density at radius 1 is 1.28 bits per heavy atom. The van der Waals surface area contributed by atoms with Crippen molar-refractivity contribution in [2.24, 2.45) is 0 Å². The van der Waals surface area contributed by atoms with Crippen LogP contribution in [-0.4, -0.2) is 56.7 Å². The van der Waals surface area contributed by atoms with Crippen LogP contribution >= 0.6 is 0 Å². The highest BCUT2D eigenvalue weighted by Crippen LogP contribution is 2.22. The Morgan fingerprint density at radius 2 is 1.92 bits per heavy atom. The highest BCUT2D eigenvalue weighted by molar-refractivity contribution is 7.89. The van der Waals surface area contributed by atoms with Gasteiger partial charge in [-0.1, -0.05) is 32.9 Å². The summed E-state index contributed by atoms with van der Waals surface area (Å²) in [7, 11) is -3.40. The zero-order valence-corrected chi connectivity index (χ0v) is 16.2. The number of morpholine rings is 1. The van der Waals surface area contributed by atoms with Crippen LogP contribution in [0, 0.1) is 0 Å². The number of carbonyl (C=O) groups is 1.